The molecule has 0 aliphatic rings. The molecule has 82 valence electrons. The van der Waals surface area contributed by atoms with Gasteiger partial charge in [-0.15, -0.1) is 0 Å². The first kappa shape index (κ1) is 11.7. The number of rotatable bonds is 5. The molecule has 0 radical (unpaired) electrons. The van der Waals surface area contributed by atoms with Crippen LogP contribution in [0, 0.1) is 5.82 Å². The van der Waals surface area contributed by atoms with Crippen LogP contribution in [0.2, 0.25) is 0 Å². The molecule has 0 unspecified atom stereocenters. The zero-order valence-electron chi connectivity index (χ0n) is 8.66. The van der Waals surface area contributed by atoms with Crippen LogP contribution in [-0.4, -0.2) is 18.5 Å². The maximum Gasteiger partial charge on any atom is 0.234 e. The molecule has 4 heteroatoms. The van der Waals surface area contributed by atoms with Crippen molar-refractivity contribution < 1.29 is 9.18 Å². The highest BCUT2D eigenvalue weighted by Crippen LogP contribution is 2.08. The SMILES string of the molecule is CCN[C@@H](Cc1ccccc1F)C(N)=O. The van der Waals surface area contributed by atoms with Crippen LogP contribution in [0.15, 0.2) is 24.3 Å². The quantitative estimate of drug-likeness (QED) is 0.756. The van der Waals surface area contributed by atoms with Gasteiger partial charge in [0.15, 0.2) is 0 Å². The van der Waals surface area contributed by atoms with Gasteiger partial charge >= 0.3 is 0 Å². The molecular weight excluding hydrogens is 195 g/mol. The molecule has 15 heavy (non-hydrogen) atoms. The Morgan fingerprint density at radius 2 is 2.20 bits per heavy atom. The van der Waals surface area contributed by atoms with Crippen LogP contribution in [-0.2, 0) is 11.2 Å². The normalized spacial score (nSPS) is 12.4. The molecule has 0 aromatic heterocycles. The van der Waals surface area contributed by atoms with Crippen molar-refractivity contribution in [1.82, 2.24) is 5.32 Å². The van der Waals surface area contributed by atoms with Crippen LogP contribution in [0.4, 0.5) is 4.39 Å². The van der Waals surface area contributed by atoms with Gasteiger partial charge in [0, 0.05) is 0 Å². The van der Waals surface area contributed by atoms with Crippen LogP contribution in [0.3, 0.4) is 0 Å². The van der Waals surface area contributed by atoms with Crippen LogP contribution in [0.1, 0.15) is 12.5 Å². The molecule has 0 saturated heterocycles. The van der Waals surface area contributed by atoms with E-state index in [1.165, 1.54) is 6.07 Å². The zero-order chi connectivity index (χ0) is 11.3. The first-order chi connectivity index (χ1) is 7.15. The topological polar surface area (TPSA) is 55.1 Å². The first-order valence-electron chi connectivity index (χ1n) is 4.91. The molecule has 1 amide bonds. The fourth-order valence-corrected chi connectivity index (χ4v) is 1.40. The van der Waals surface area contributed by atoms with E-state index in [1.807, 2.05) is 6.92 Å². The van der Waals surface area contributed by atoms with Gasteiger partial charge in [-0.3, -0.25) is 4.79 Å². The van der Waals surface area contributed by atoms with E-state index in [-0.39, 0.29) is 12.2 Å². The zero-order valence-corrected chi connectivity index (χ0v) is 8.66. The first-order valence-corrected chi connectivity index (χ1v) is 4.91. The number of likely N-dealkylation sites (N-methyl/N-ethyl adjacent to an activating group) is 1. The minimum absolute atomic E-state index is 0.288. The van der Waals surface area contributed by atoms with Crippen LogP contribution in [0.25, 0.3) is 0 Å². The van der Waals surface area contributed by atoms with Gasteiger partial charge in [0.1, 0.15) is 5.82 Å². The van der Waals surface area contributed by atoms with Gasteiger partial charge in [0.2, 0.25) is 5.91 Å². The van der Waals surface area contributed by atoms with E-state index in [4.69, 9.17) is 5.73 Å². The monoisotopic (exact) mass is 210 g/mol. The maximum atomic E-state index is 13.3. The van der Waals surface area contributed by atoms with Crippen molar-refractivity contribution in [1.29, 1.82) is 0 Å². The van der Waals surface area contributed by atoms with Crippen LogP contribution < -0.4 is 11.1 Å². The third-order valence-electron chi connectivity index (χ3n) is 2.18. The minimum atomic E-state index is -0.508. The summed E-state index contributed by atoms with van der Waals surface area (Å²) in [6.07, 6.45) is 0.288. The maximum absolute atomic E-state index is 13.3. The molecule has 0 heterocycles. The lowest BCUT2D eigenvalue weighted by Gasteiger charge is -2.14. The molecule has 1 aromatic carbocycles. The van der Waals surface area contributed by atoms with Gasteiger partial charge in [-0.2, -0.15) is 0 Å². The smallest absolute Gasteiger partial charge is 0.234 e. The Morgan fingerprint density at radius 1 is 1.53 bits per heavy atom. The lowest BCUT2D eigenvalue weighted by atomic mass is 10.1. The summed E-state index contributed by atoms with van der Waals surface area (Å²) >= 11 is 0. The number of nitrogens with one attached hydrogen (secondary N) is 1. The predicted molar refractivity (Wildman–Crippen MR) is 56.8 cm³/mol. The summed E-state index contributed by atoms with van der Waals surface area (Å²) < 4.78 is 13.3. The van der Waals surface area contributed by atoms with Gasteiger partial charge in [-0.25, -0.2) is 4.39 Å². The number of halogens is 1. The molecule has 3 nitrogen and oxygen atoms in total. The summed E-state index contributed by atoms with van der Waals surface area (Å²) in [5, 5.41) is 2.92. The third kappa shape index (κ3) is 3.32. The minimum Gasteiger partial charge on any atom is -0.368 e. The van der Waals surface area contributed by atoms with E-state index in [1.54, 1.807) is 18.2 Å². The number of hydrogen-bond donors (Lipinski definition) is 2. The molecule has 0 saturated carbocycles. The summed E-state index contributed by atoms with van der Waals surface area (Å²) in [4.78, 5) is 11.0. The Labute approximate surface area is 88.5 Å². The van der Waals surface area contributed by atoms with Crippen molar-refractivity contribution in [3.05, 3.63) is 35.6 Å². The van der Waals surface area contributed by atoms with E-state index in [9.17, 15) is 9.18 Å². The van der Waals surface area contributed by atoms with Gasteiger partial charge in [0.05, 0.1) is 6.04 Å². The van der Waals surface area contributed by atoms with Gasteiger partial charge < -0.3 is 11.1 Å². The van der Waals surface area contributed by atoms with E-state index in [0.717, 1.165) is 0 Å². The lowest BCUT2D eigenvalue weighted by Crippen LogP contribution is -2.42. The van der Waals surface area contributed by atoms with Crippen molar-refractivity contribution in [2.75, 3.05) is 6.54 Å². The van der Waals surface area contributed by atoms with Crippen molar-refractivity contribution in [2.24, 2.45) is 5.73 Å². The number of carbonyl (C=O) groups is 1. The third-order valence-corrected chi connectivity index (χ3v) is 2.18. The predicted octanol–water partition coefficient (Wildman–Crippen LogP) is 0.832. The molecule has 0 spiro atoms. The number of carbonyl (C=O) groups excluding carboxylic acids is 1. The number of amides is 1. The average molecular weight is 210 g/mol. The summed E-state index contributed by atoms with van der Waals surface area (Å²) in [7, 11) is 0. The molecule has 1 rings (SSSR count). The van der Waals surface area contributed by atoms with Crippen LogP contribution in [0.5, 0.6) is 0 Å². The standard InChI is InChI=1S/C11H15FN2O/c1-2-14-10(11(13)15)7-8-5-3-4-6-9(8)12/h3-6,10,14H,2,7H2,1H3,(H2,13,15)/t10-/m0/s1. The van der Waals surface area contributed by atoms with Crippen molar-refractivity contribution >= 4 is 5.91 Å². The molecule has 3 N–H and O–H groups in total. The molecule has 0 bridgehead atoms. The summed E-state index contributed by atoms with van der Waals surface area (Å²) in [5.74, 6) is -0.762. The van der Waals surface area contributed by atoms with E-state index in [2.05, 4.69) is 5.32 Å². The summed E-state index contributed by atoms with van der Waals surface area (Å²) in [6, 6.07) is 5.88. The molecule has 0 aliphatic heterocycles. The van der Waals surface area contributed by atoms with Crippen molar-refractivity contribution in [3.8, 4) is 0 Å². The fraction of sp³-hybridized carbons (Fsp3) is 0.364. The molecular formula is C11H15FN2O. The fourth-order valence-electron chi connectivity index (χ4n) is 1.40. The van der Waals surface area contributed by atoms with E-state index >= 15 is 0 Å². The van der Waals surface area contributed by atoms with Gasteiger partial charge in [-0.1, -0.05) is 25.1 Å². The Morgan fingerprint density at radius 3 is 2.73 bits per heavy atom. The summed E-state index contributed by atoms with van der Waals surface area (Å²) in [5.41, 5.74) is 5.70. The lowest BCUT2D eigenvalue weighted by molar-refractivity contribution is -0.120. The molecule has 0 aliphatic carbocycles. The number of nitrogens with two attached hydrogens (primary N) is 1. The molecule has 0 fully saturated rings. The molecule has 1 atom stereocenters. The highest BCUT2D eigenvalue weighted by atomic mass is 19.1. The van der Waals surface area contributed by atoms with Gasteiger partial charge in [0.25, 0.3) is 0 Å². The Bertz CT molecular complexity index is 341. The van der Waals surface area contributed by atoms with Gasteiger partial charge in [-0.05, 0) is 24.6 Å². The van der Waals surface area contributed by atoms with Crippen molar-refractivity contribution in [3.63, 3.8) is 0 Å². The van der Waals surface area contributed by atoms with Crippen molar-refractivity contribution in [2.45, 2.75) is 19.4 Å². The largest absolute Gasteiger partial charge is 0.368 e. The Balaban J connectivity index is 2.74. The number of hydrogen-bond acceptors (Lipinski definition) is 2. The van der Waals surface area contributed by atoms with E-state index < -0.39 is 11.9 Å². The highest BCUT2D eigenvalue weighted by Gasteiger charge is 2.15. The highest BCUT2D eigenvalue weighted by molar-refractivity contribution is 5.80. The van der Waals surface area contributed by atoms with Crippen LogP contribution >= 0.6 is 0 Å². The second-order valence-corrected chi connectivity index (χ2v) is 3.31. The summed E-state index contributed by atoms with van der Waals surface area (Å²) in [6.45, 7) is 2.50. The average Bonchev–Trinajstić information content (AvgIpc) is 2.20. The molecule has 1 aromatic rings. The second kappa shape index (κ2) is 5.46. The number of benzene rings is 1. The Hall–Kier alpha value is -1.42. The number of primary amides is 1. The van der Waals surface area contributed by atoms with E-state index in [0.29, 0.717) is 12.1 Å². The second-order valence-electron chi connectivity index (χ2n) is 3.31. The Kier molecular flexibility index (Phi) is 4.24.